The first-order chi connectivity index (χ1) is 9.15. The molecule has 1 heterocycles. The fourth-order valence-electron chi connectivity index (χ4n) is 2.14. The van der Waals surface area contributed by atoms with E-state index in [4.69, 9.17) is 17.3 Å². The SMILES string of the molecule is CCN(c1cccc(F)c1)C(CN)c1ccc(Cl)s1. The molecule has 0 aliphatic carbocycles. The van der Waals surface area contributed by atoms with E-state index in [1.807, 2.05) is 25.1 Å². The third-order valence-electron chi connectivity index (χ3n) is 3.00. The van der Waals surface area contributed by atoms with Gasteiger partial charge < -0.3 is 10.6 Å². The summed E-state index contributed by atoms with van der Waals surface area (Å²) in [6, 6.07) is 10.4. The van der Waals surface area contributed by atoms with Crippen molar-refractivity contribution < 1.29 is 4.39 Å². The van der Waals surface area contributed by atoms with Gasteiger partial charge in [0.2, 0.25) is 0 Å². The lowest BCUT2D eigenvalue weighted by molar-refractivity contribution is 0.618. The Balaban J connectivity index is 2.33. The van der Waals surface area contributed by atoms with Crippen molar-refractivity contribution in [2.75, 3.05) is 18.0 Å². The van der Waals surface area contributed by atoms with E-state index in [1.54, 1.807) is 6.07 Å². The number of hydrogen-bond acceptors (Lipinski definition) is 3. The molecule has 0 saturated heterocycles. The molecule has 1 aromatic heterocycles. The second kappa shape index (κ2) is 6.37. The third kappa shape index (κ3) is 3.26. The average molecular weight is 299 g/mol. The van der Waals surface area contributed by atoms with Crippen LogP contribution >= 0.6 is 22.9 Å². The molecule has 2 N–H and O–H groups in total. The van der Waals surface area contributed by atoms with Crippen LogP contribution in [0.5, 0.6) is 0 Å². The number of nitrogens with zero attached hydrogens (tertiary/aromatic N) is 1. The highest BCUT2D eigenvalue weighted by molar-refractivity contribution is 7.16. The van der Waals surface area contributed by atoms with E-state index >= 15 is 0 Å². The fraction of sp³-hybridized carbons (Fsp3) is 0.286. The standard InChI is InChI=1S/C14H16ClFN2S/c1-2-18(11-5-3-4-10(16)8-11)12(9-17)13-6-7-14(15)19-13/h3-8,12H,2,9,17H2,1H3. The highest BCUT2D eigenvalue weighted by atomic mass is 35.5. The molecule has 2 aromatic rings. The first-order valence-corrected chi connectivity index (χ1v) is 7.32. The van der Waals surface area contributed by atoms with Crippen molar-refractivity contribution in [3.63, 3.8) is 0 Å². The average Bonchev–Trinajstić information content (AvgIpc) is 2.82. The van der Waals surface area contributed by atoms with E-state index in [1.165, 1.54) is 23.5 Å². The third-order valence-corrected chi connectivity index (χ3v) is 4.33. The lowest BCUT2D eigenvalue weighted by atomic mass is 10.1. The summed E-state index contributed by atoms with van der Waals surface area (Å²) in [7, 11) is 0. The summed E-state index contributed by atoms with van der Waals surface area (Å²) in [4.78, 5) is 3.18. The summed E-state index contributed by atoms with van der Waals surface area (Å²) >= 11 is 7.49. The van der Waals surface area contributed by atoms with Crippen LogP contribution in [0.4, 0.5) is 10.1 Å². The number of thiophene rings is 1. The van der Waals surface area contributed by atoms with Gasteiger partial charge in [0.25, 0.3) is 0 Å². The zero-order chi connectivity index (χ0) is 13.8. The number of hydrogen-bond donors (Lipinski definition) is 1. The van der Waals surface area contributed by atoms with Crippen molar-refractivity contribution in [3.8, 4) is 0 Å². The van der Waals surface area contributed by atoms with Crippen molar-refractivity contribution in [2.24, 2.45) is 5.73 Å². The van der Waals surface area contributed by atoms with Crippen molar-refractivity contribution in [1.82, 2.24) is 0 Å². The Morgan fingerprint density at radius 2 is 2.16 bits per heavy atom. The molecule has 0 spiro atoms. The minimum absolute atomic E-state index is 0.0179. The zero-order valence-corrected chi connectivity index (χ0v) is 12.2. The van der Waals surface area contributed by atoms with Crippen LogP contribution in [0.25, 0.3) is 0 Å². The van der Waals surface area contributed by atoms with Crippen LogP contribution in [0, 0.1) is 5.82 Å². The number of nitrogens with two attached hydrogens (primary N) is 1. The lowest BCUT2D eigenvalue weighted by Gasteiger charge is -2.31. The number of likely N-dealkylation sites (N-methyl/N-ethyl adjacent to an activating group) is 1. The second-order valence-corrected chi connectivity index (χ2v) is 5.91. The largest absolute Gasteiger partial charge is 0.363 e. The lowest BCUT2D eigenvalue weighted by Crippen LogP contribution is -2.33. The van der Waals surface area contributed by atoms with Crippen LogP contribution in [0.3, 0.4) is 0 Å². The summed E-state index contributed by atoms with van der Waals surface area (Å²) in [5.74, 6) is -0.240. The summed E-state index contributed by atoms with van der Waals surface area (Å²) in [5, 5.41) is 0. The Kier molecular flexibility index (Phi) is 4.80. The quantitative estimate of drug-likeness (QED) is 0.901. The van der Waals surface area contributed by atoms with Gasteiger partial charge in [0.1, 0.15) is 5.82 Å². The number of anilines is 1. The molecule has 0 fully saturated rings. The van der Waals surface area contributed by atoms with Gasteiger partial charge in [-0.1, -0.05) is 17.7 Å². The van der Waals surface area contributed by atoms with Gasteiger partial charge in [0, 0.05) is 23.7 Å². The highest BCUT2D eigenvalue weighted by Crippen LogP contribution is 2.32. The van der Waals surface area contributed by atoms with Gasteiger partial charge in [-0.3, -0.25) is 0 Å². The van der Waals surface area contributed by atoms with Gasteiger partial charge >= 0.3 is 0 Å². The monoisotopic (exact) mass is 298 g/mol. The van der Waals surface area contributed by atoms with Crippen LogP contribution in [-0.2, 0) is 0 Å². The van der Waals surface area contributed by atoms with Crippen LogP contribution in [0.2, 0.25) is 4.34 Å². The van der Waals surface area contributed by atoms with Crippen molar-refractivity contribution in [1.29, 1.82) is 0 Å². The molecule has 1 unspecified atom stereocenters. The van der Waals surface area contributed by atoms with Gasteiger partial charge in [-0.15, -0.1) is 11.3 Å². The van der Waals surface area contributed by atoms with Crippen LogP contribution in [0.1, 0.15) is 17.8 Å². The topological polar surface area (TPSA) is 29.3 Å². The fourth-order valence-corrected chi connectivity index (χ4v) is 3.33. The van der Waals surface area contributed by atoms with E-state index in [-0.39, 0.29) is 11.9 Å². The van der Waals surface area contributed by atoms with Gasteiger partial charge in [0.05, 0.1) is 10.4 Å². The molecule has 0 aliphatic heterocycles. The maximum Gasteiger partial charge on any atom is 0.125 e. The summed E-state index contributed by atoms with van der Waals surface area (Å²) < 4.78 is 14.1. The predicted octanol–water partition coefficient (Wildman–Crippen LogP) is 4.07. The van der Waals surface area contributed by atoms with Crippen LogP contribution < -0.4 is 10.6 Å². The van der Waals surface area contributed by atoms with E-state index < -0.39 is 0 Å². The first kappa shape index (κ1) is 14.3. The molecular weight excluding hydrogens is 283 g/mol. The molecule has 1 atom stereocenters. The highest BCUT2D eigenvalue weighted by Gasteiger charge is 2.20. The second-order valence-electron chi connectivity index (χ2n) is 4.16. The molecule has 0 saturated carbocycles. The molecule has 0 bridgehead atoms. The molecule has 0 amide bonds. The minimum Gasteiger partial charge on any atom is -0.363 e. The van der Waals surface area contributed by atoms with Gasteiger partial charge in [0.15, 0.2) is 0 Å². The zero-order valence-electron chi connectivity index (χ0n) is 10.6. The maximum absolute atomic E-state index is 13.4. The Morgan fingerprint density at radius 3 is 2.68 bits per heavy atom. The predicted molar refractivity (Wildman–Crippen MR) is 80.5 cm³/mol. The first-order valence-electron chi connectivity index (χ1n) is 6.13. The van der Waals surface area contributed by atoms with Crippen molar-refractivity contribution >= 4 is 28.6 Å². The number of halogens is 2. The van der Waals surface area contributed by atoms with Gasteiger partial charge in [-0.25, -0.2) is 4.39 Å². The number of rotatable bonds is 5. The van der Waals surface area contributed by atoms with Gasteiger partial charge in [-0.05, 0) is 37.3 Å². The molecule has 0 radical (unpaired) electrons. The molecular formula is C14H16ClFN2S. The molecule has 1 aromatic carbocycles. The Bertz CT molecular complexity index is 544. The smallest absolute Gasteiger partial charge is 0.125 e. The van der Waals surface area contributed by atoms with E-state index in [9.17, 15) is 4.39 Å². The molecule has 0 aliphatic rings. The van der Waals surface area contributed by atoms with Crippen molar-refractivity contribution in [3.05, 3.63) is 51.4 Å². The number of benzene rings is 1. The van der Waals surface area contributed by atoms with Crippen LogP contribution in [-0.4, -0.2) is 13.1 Å². The Labute approximate surface area is 121 Å². The molecule has 2 nitrogen and oxygen atoms in total. The van der Waals surface area contributed by atoms with E-state index in [0.29, 0.717) is 6.54 Å². The van der Waals surface area contributed by atoms with Crippen LogP contribution in [0.15, 0.2) is 36.4 Å². The Hall–Kier alpha value is -1.10. The summed E-state index contributed by atoms with van der Waals surface area (Å²) in [6.07, 6.45) is 0. The summed E-state index contributed by atoms with van der Waals surface area (Å²) in [6.45, 7) is 3.24. The maximum atomic E-state index is 13.4. The van der Waals surface area contributed by atoms with E-state index in [2.05, 4.69) is 4.90 Å². The van der Waals surface area contributed by atoms with Crippen molar-refractivity contribution in [2.45, 2.75) is 13.0 Å². The summed E-state index contributed by atoms with van der Waals surface area (Å²) in [5.41, 5.74) is 6.73. The molecule has 102 valence electrons. The normalized spacial score (nSPS) is 12.4. The van der Waals surface area contributed by atoms with E-state index in [0.717, 1.165) is 21.4 Å². The molecule has 5 heteroatoms. The minimum atomic E-state index is -0.240. The molecule has 19 heavy (non-hydrogen) atoms. The Morgan fingerprint density at radius 1 is 1.37 bits per heavy atom. The van der Waals surface area contributed by atoms with Gasteiger partial charge in [-0.2, -0.15) is 0 Å². The molecule has 2 rings (SSSR count).